The highest BCUT2D eigenvalue weighted by molar-refractivity contribution is 7.89. The molecule has 3 aromatic rings. The van der Waals surface area contributed by atoms with E-state index >= 15 is 0 Å². The van der Waals surface area contributed by atoms with Gasteiger partial charge in [-0.15, -0.1) is 0 Å². The summed E-state index contributed by atoms with van der Waals surface area (Å²) in [6, 6.07) is 11.1. The van der Waals surface area contributed by atoms with Gasteiger partial charge in [0.25, 0.3) is 0 Å². The Morgan fingerprint density at radius 2 is 1.93 bits per heavy atom. The fourth-order valence-corrected chi connectivity index (χ4v) is 4.81. The quantitative estimate of drug-likeness (QED) is 0.710. The van der Waals surface area contributed by atoms with E-state index in [4.69, 9.17) is 4.74 Å². The Balaban J connectivity index is 1.68. The fraction of sp³-hybridized carbons (Fsp3) is 0.350. The smallest absolute Gasteiger partial charge is 0.214 e. The zero-order chi connectivity index (χ0) is 19.9. The van der Waals surface area contributed by atoms with Gasteiger partial charge in [-0.05, 0) is 29.0 Å². The molecule has 0 amide bonds. The molecule has 7 nitrogen and oxygen atoms in total. The maximum absolute atomic E-state index is 12.4. The first-order chi connectivity index (χ1) is 13.3. The highest BCUT2D eigenvalue weighted by atomic mass is 32.2. The number of aromatic hydroxyl groups is 1. The largest absolute Gasteiger partial charge is 0.508 e. The van der Waals surface area contributed by atoms with Gasteiger partial charge < -0.3 is 14.4 Å². The van der Waals surface area contributed by atoms with Crippen molar-refractivity contribution in [2.24, 2.45) is 5.92 Å². The first-order valence-electron chi connectivity index (χ1n) is 9.09. The first kappa shape index (κ1) is 18.9. The van der Waals surface area contributed by atoms with Gasteiger partial charge in [0, 0.05) is 38.0 Å². The van der Waals surface area contributed by atoms with Crippen LogP contribution in [0.25, 0.3) is 22.2 Å². The fourth-order valence-electron chi connectivity index (χ4n) is 3.65. The van der Waals surface area contributed by atoms with Crippen molar-refractivity contribution < 1.29 is 18.3 Å². The van der Waals surface area contributed by atoms with E-state index in [1.165, 1.54) is 4.31 Å². The van der Waals surface area contributed by atoms with Crippen molar-refractivity contribution in [1.29, 1.82) is 0 Å². The van der Waals surface area contributed by atoms with Gasteiger partial charge in [0.15, 0.2) is 0 Å². The Morgan fingerprint density at radius 1 is 1.18 bits per heavy atom. The number of rotatable bonds is 5. The molecule has 0 unspecified atom stereocenters. The third-order valence-electron chi connectivity index (χ3n) is 5.25. The zero-order valence-corrected chi connectivity index (χ0v) is 16.6. The SMILES string of the molecule is CN(C)S(=O)(=O)C[C@@H]1COC[C@H]1n1ccnc1-c1ccc2cc(O)ccc2c1. The minimum atomic E-state index is -3.32. The molecule has 1 fully saturated rings. The maximum Gasteiger partial charge on any atom is 0.214 e. The molecule has 0 bridgehead atoms. The molecular weight excluding hydrogens is 378 g/mol. The predicted molar refractivity (Wildman–Crippen MR) is 108 cm³/mol. The molecule has 1 saturated heterocycles. The lowest BCUT2D eigenvalue weighted by molar-refractivity contribution is 0.182. The summed E-state index contributed by atoms with van der Waals surface area (Å²) in [4.78, 5) is 4.52. The van der Waals surface area contributed by atoms with Gasteiger partial charge in [0.2, 0.25) is 10.0 Å². The van der Waals surface area contributed by atoms with Crippen molar-refractivity contribution in [1.82, 2.24) is 13.9 Å². The average Bonchev–Trinajstić information content (AvgIpc) is 3.29. The molecule has 28 heavy (non-hydrogen) atoms. The summed E-state index contributed by atoms with van der Waals surface area (Å²) in [7, 11) is -0.218. The zero-order valence-electron chi connectivity index (χ0n) is 15.8. The Bertz CT molecular complexity index is 1110. The molecule has 0 aliphatic carbocycles. The van der Waals surface area contributed by atoms with Gasteiger partial charge in [0.05, 0.1) is 25.0 Å². The van der Waals surface area contributed by atoms with E-state index in [0.29, 0.717) is 13.2 Å². The number of sulfonamides is 1. The molecular formula is C20H23N3O4S. The summed E-state index contributed by atoms with van der Waals surface area (Å²) in [6.45, 7) is 0.866. The van der Waals surface area contributed by atoms with Crippen molar-refractivity contribution in [2.45, 2.75) is 6.04 Å². The number of ether oxygens (including phenoxy) is 1. The standard InChI is InChI=1S/C20H23N3O4S/c1-22(2)28(25,26)13-17-11-27-12-19(17)23-8-7-21-20(23)16-4-3-15-10-18(24)6-5-14(15)9-16/h3-10,17,19,24H,11-13H2,1-2H3/t17-,19+/m0/s1. The molecule has 1 N–H and O–H groups in total. The van der Waals surface area contributed by atoms with Crippen LogP contribution in [0.15, 0.2) is 48.8 Å². The second-order valence-corrected chi connectivity index (χ2v) is 9.56. The van der Waals surface area contributed by atoms with E-state index in [0.717, 1.165) is 22.2 Å². The lowest BCUT2D eigenvalue weighted by Gasteiger charge is -2.22. The van der Waals surface area contributed by atoms with Crippen LogP contribution >= 0.6 is 0 Å². The van der Waals surface area contributed by atoms with Gasteiger partial charge in [0.1, 0.15) is 11.6 Å². The number of hydrogen-bond donors (Lipinski definition) is 1. The summed E-state index contributed by atoms with van der Waals surface area (Å²) >= 11 is 0. The van der Waals surface area contributed by atoms with E-state index < -0.39 is 10.0 Å². The number of hydrogen-bond acceptors (Lipinski definition) is 5. The van der Waals surface area contributed by atoms with E-state index in [1.54, 1.807) is 32.4 Å². The van der Waals surface area contributed by atoms with Crippen LogP contribution in [0.5, 0.6) is 5.75 Å². The first-order valence-corrected chi connectivity index (χ1v) is 10.7. The van der Waals surface area contributed by atoms with Crippen LogP contribution < -0.4 is 0 Å². The van der Waals surface area contributed by atoms with E-state index in [2.05, 4.69) is 4.98 Å². The van der Waals surface area contributed by atoms with Crippen LogP contribution in [0, 0.1) is 5.92 Å². The average molecular weight is 401 g/mol. The topological polar surface area (TPSA) is 84.7 Å². The summed E-state index contributed by atoms with van der Waals surface area (Å²) in [5, 5.41) is 11.6. The highest BCUT2D eigenvalue weighted by Gasteiger charge is 2.35. The van der Waals surface area contributed by atoms with Gasteiger partial charge in [-0.2, -0.15) is 0 Å². The van der Waals surface area contributed by atoms with Crippen molar-refractivity contribution in [3.63, 3.8) is 0 Å². The van der Waals surface area contributed by atoms with E-state index in [1.807, 2.05) is 35.0 Å². The maximum atomic E-state index is 12.4. The summed E-state index contributed by atoms with van der Waals surface area (Å²) in [5.74, 6) is 0.907. The Hall–Kier alpha value is -2.42. The third kappa shape index (κ3) is 3.50. The van der Waals surface area contributed by atoms with Crippen LogP contribution in [-0.2, 0) is 14.8 Å². The number of fused-ring (bicyclic) bond motifs is 1. The number of phenols is 1. The molecule has 0 radical (unpaired) electrons. The van der Waals surface area contributed by atoms with Crippen molar-refractivity contribution in [3.05, 3.63) is 48.8 Å². The van der Waals surface area contributed by atoms with Gasteiger partial charge in [-0.1, -0.05) is 18.2 Å². The molecule has 1 aliphatic rings. The molecule has 1 aliphatic heterocycles. The number of aromatic nitrogens is 2. The number of nitrogens with zero attached hydrogens (tertiary/aromatic N) is 3. The molecule has 2 atom stereocenters. The Morgan fingerprint density at radius 3 is 2.71 bits per heavy atom. The van der Waals surface area contributed by atoms with Gasteiger partial charge in [-0.3, -0.25) is 0 Å². The summed E-state index contributed by atoms with van der Waals surface area (Å²) in [6.07, 6.45) is 3.61. The normalized spacial score (nSPS) is 20.2. The van der Waals surface area contributed by atoms with Crippen LogP contribution in [0.4, 0.5) is 0 Å². The van der Waals surface area contributed by atoms with Crippen molar-refractivity contribution in [3.8, 4) is 17.1 Å². The van der Waals surface area contributed by atoms with E-state index in [9.17, 15) is 13.5 Å². The molecule has 1 aromatic heterocycles. The van der Waals surface area contributed by atoms with Gasteiger partial charge >= 0.3 is 0 Å². The number of benzene rings is 2. The van der Waals surface area contributed by atoms with Crippen LogP contribution in [0.2, 0.25) is 0 Å². The molecule has 0 spiro atoms. The monoisotopic (exact) mass is 401 g/mol. The molecule has 0 saturated carbocycles. The van der Waals surface area contributed by atoms with Gasteiger partial charge in [-0.25, -0.2) is 17.7 Å². The number of imidazole rings is 1. The third-order valence-corrected chi connectivity index (χ3v) is 7.22. The molecule has 2 aromatic carbocycles. The molecule has 8 heteroatoms. The highest BCUT2D eigenvalue weighted by Crippen LogP contribution is 2.33. The van der Waals surface area contributed by atoms with Crippen LogP contribution in [0.1, 0.15) is 6.04 Å². The Kier molecular flexibility index (Phi) is 4.86. The Labute approximate surface area is 164 Å². The molecule has 4 rings (SSSR count). The second-order valence-electron chi connectivity index (χ2n) is 7.33. The van der Waals surface area contributed by atoms with Crippen LogP contribution in [0.3, 0.4) is 0 Å². The van der Waals surface area contributed by atoms with Crippen molar-refractivity contribution >= 4 is 20.8 Å². The second kappa shape index (κ2) is 7.20. The van der Waals surface area contributed by atoms with Crippen LogP contribution in [-0.4, -0.2) is 60.4 Å². The minimum Gasteiger partial charge on any atom is -0.508 e. The predicted octanol–water partition coefficient (Wildman–Crippen LogP) is 2.49. The van der Waals surface area contributed by atoms with E-state index in [-0.39, 0.29) is 23.5 Å². The lowest BCUT2D eigenvalue weighted by atomic mass is 10.0. The summed E-state index contributed by atoms with van der Waals surface area (Å²) in [5.41, 5.74) is 0.935. The number of phenolic OH excluding ortho intramolecular Hbond substituents is 1. The van der Waals surface area contributed by atoms with Crippen molar-refractivity contribution in [2.75, 3.05) is 33.1 Å². The summed E-state index contributed by atoms with van der Waals surface area (Å²) < 4.78 is 33.6. The minimum absolute atomic E-state index is 0.0410. The molecule has 2 heterocycles. The lowest BCUT2D eigenvalue weighted by Crippen LogP contribution is -2.32. The molecule has 148 valence electrons.